The van der Waals surface area contributed by atoms with Crippen LogP contribution in [0.3, 0.4) is 0 Å². The van der Waals surface area contributed by atoms with Crippen molar-refractivity contribution in [3.8, 4) is 10.4 Å². The van der Waals surface area contributed by atoms with Gasteiger partial charge in [0.25, 0.3) is 0 Å². The van der Waals surface area contributed by atoms with Gasteiger partial charge in [-0.2, -0.15) is 0 Å². The summed E-state index contributed by atoms with van der Waals surface area (Å²) in [6, 6.07) is 8.94. The van der Waals surface area contributed by atoms with Crippen molar-refractivity contribution in [1.29, 1.82) is 0 Å². The first-order valence-corrected chi connectivity index (χ1v) is 8.26. The molecule has 102 valence electrons. The van der Waals surface area contributed by atoms with Crippen LogP contribution in [-0.4, -0.2) is 0 Å². The Kier molecular flexibility index (Phi) is 4.82. The summed E-state index contributed by atoms with van der Waals surface area (Å²) in [5.41, 5.74) is 10.1. The number of nitrogens with two attached hydrogens (primary N) is 1. The lowest BCUT2D eigenvalue weighted by molar-refractivity contribution is 0.648. The van der Waals surface area contributed by atoms with Gasteiger partial charge in [-0.1, -0.05) is 35.3 Å². The predicted molar refractivity (Wildman–Crippen MR) is 88.8 cm³/mol. The van der Waals surface area contributed by atoms with E-state index in [2.05, 4.69) is 61.0 Å². The quantitative estimate of drug-likeness (QED) is 0.772. The summed E-state index contributed by atoms with van der Waals surface area (Å²) in [4.78, 5) is 2.58. The summed E-state index contributed by atoms with van der Waals surface area (Å²) in [5, 5.41) is 0. The Labute approximate surface area is 128 Å². The van der Waals surface area contributed by atoms with E-state index < -0.39 is 0 Å². The van der Waals surface area contributed by atoms with E-state index >= 15 is 0 Å². The van der Waals surface area contributed by atoms with E-state index in [0.717, 1.165) is 12.8 Å². The first-order valence-electron chi connectivity index (χ1n) is 6.65. The molecule has 0 bridgehead atoms. The Morgan fingerprint density at radius 1 is 1.26 bits per heavy atom. The molecule has 0 spiro atoms. The zero-order valence-electron chi connectivity index (χ0n) is 11.7. The zero-order valence-corrected chi connectivity index (χ0v) is 14.1. The molecule has 1 aromatic heterocycles. The van der Waals surface area contributed by atoms with Gasteiger partial charge in [0.1, 0.15) is 0 Å². The number of aryl methyl sites for hydroxylation is 2. The van der Waals surface area contributed by atoms with Crippen LogP contribution in [-0.2, 0) is 0 Å². The van der Waals surface area contributed by atoms with Gasteiger partial charge in [-0.3, -0.25) is 0 Å². The molecule has 1 nitrogen and oxygen atoms in total. The summed E-state index contributed by atoms with van der Waals surface area (Å²) < 4.78 is 1.17. The molecule has 2 aromatic rings. The van der Waals surface area contributed by atoms with E-state index in [1.54, 1.807) is 0 Å². The molecule has 2 rings (SSSR count). The Hall–Kier alpha value is -0.640. The van der Waals surface area contributed by atoms with Gasteiger partial charge in [0.05, 0.1) is 0 Å². The van der Waals surface area contributed by atoms with Gasteiger partial charge in [-0.25, -0.2) is 0 Å². The molecule has 19 heavy (non-hydrogen) atoms. The van der Waals surface area contributed by atoms with E-state index in [1.807, 2.05) is 11.3 Å². The average molecular weight is 338 g/mol. The molecule has 0 radical (unpaired) electrons. The molecule has 3 heteroatoms. The van der Waals surface area contributed by atoms with E-state index in [4.69, 9.17) is 5.73 Å². The lowest BCUT2D eigenvalue weighted by Crippen LogP contribution is -2.07. The zero-order chi connectivity index (χ0) is 14.0. The number of rotatable bonds is 4. The number of hydrogen-bond acceptors (Lipinski definition) is 2. The van der Waals surface area contributed by atoms with Crippen molar-refractivity contribution < 1.29 is 0 Å². The molecule has 0 saturated carbocycles. The van der Waals surface area contributed by atoms with Crippen LogP contribution in [0.1, 0.15) is 41.8 Å². The van der Waals surface area contributed by atoms with E-state index in [0.29, 0.717) is 0 Å². The third-order valence-electron chi connectivity index (χ3n) is 3.27. The van der Waals surface area contributed by atoms with Crippen molar-refractivity contribution in [3.63, 3.8) is 0 Å². The molecule has 1 heterocycles. The number of thiophene rings is 1. The summed E-state index contributed by atoms with van der Waals surface area (Å²) in [7, 11) is 0. The Balaban J connectivity index is 2.38. The van der Waals surface area contributed by atoms with E-state index in [9.17, 15) is 0 Å². The van der Waals surface area contributed by atoms with Crippen molar-refractivity contribution in [2.24, 2.45) is 5.73 Å². The highest BCUT2D eigenvalue weighted by Crippen LogP contribution is 2.38. The topological polar surface area (TPSA) is 26.0 Å². The Morgan fingerprint density at radius 3 is 2.63 bits per heavy atom. The SMILES string of the molecule is CCCC(N)c1ccc(-c2c(C)cc(C)cc2Br)s1. The van der Waals surface area contributed by atoms with Crippen molar-refractivity contribution in [2.45, 2.75) is 39.7 Å². The van der Waals surface area contributed by atoms with Gasteiger partial charge in [-0.15, -0.1) is 11.3 Å². The Bertz CT molecular complexity index is 551. The molecular weight excluding hydrogens is 318 g/mol. The summed E-state index contributed by atoms with van der Waals surface area (Å²) >= 11 is 5.50. The molecule has 0 saturated heterocycles. The minimum absolute atomic E-state index is 0.174. The molecule has 0 aliphatic rings. The van der Waals surface area contributed by atoms with Crippen LogP contribution in [0.25, 0.3) is 10.4 Å². The molecule has 0 fully saturated rings. The molecule has 0 aliphatic carbocycles. The highest BCUT2D eigenvalue weighted by atomic mass is 79.9. The van der Waals surface area contributed by atoms with Crippen molar-refractivity contribution >= 4 is 27.3 Å². The van der Waals surface area contributed by atoms with Crippen LogP contribution in [0, 0.1) is 13.8 Å². The van der Waals surface area contributed by atoms with Gasteiger partial charge in [0.15, 0.2) is 0 Å². The van der Waals surface area contributed by atoms with E-state index in [1.165, 1.54) is 30.9 Å². The maximum Gasteiger partial charge on any atom is 0.0389 e. The number of hydrogen-bond donors (Lipinski definition) is 1. The second-order valence-electron chi connectivity index (χ2n) is 5.04. The molecule has 1 unspecified atom stereocenters. The summed E-state index contributed by atoms with van der Waals surface area (Å²) in [5.74, 6) is 0. The van der Waals surface area contributed by atoms with Crippen LogP contribution in [0.4, 0.5) is 0 Å². The molecular formula is C16H20BrNS. The second-order valence-corrected chi connectivity index (χ2v) is 7.01. The lowest BCUT2D eigenvalue weighted by Gasteiger charge is -2.09. The van der Waals surface area contributed by atoms with Crippen LogP contribution < -0.4 is 5.73 Å². The fraction of sp³-hybridized carbons (Fsp3) is 0.375. The normalized spacial score (nSPS) is 12.7. The predicted octanol–water partition coefficient (Wildman–Crippen LogP) is 5.59. The summed E-state index contributed by atoms with van der Waals surface area (Å²) in [6.07, 6.45) is 2.18. The van der Waals surface area contributed by atoms with Gasteiger partial charge >= 0.3 is 0 Å². The molecule has 2 N–H and O–H groups in total. The third kappa shape index (κ3) is 3.28. The van der Waals surface area contributed by atoms with Crippen molar-refractivity contribution in [2.75, 3.05) is 0 Å². The smallest absolute Gasteiger partial charge is 0.0389 e. The fourth-order valence-corrected chi connectivity index (χ4v) is 4.55. The van der Waals surface area contributed by atoms with Gasteiger partial charge in [0, 0.05) is 25.8 Å². The maximum absolute atomic E-state index is 6.20. The van der Waals surface area contributed by atoms with Crippen LogP contribution in [0.15, 0.2) is 28.7 Å². The maximum atomic E-state index is 6.20. The monoisotopic (exact) mass is 337 g/mol. The first-order chi connectivity index (χ1) is 9.02. The van der Waals surface area contributed by atoms with Crippen LogP contribution >= 0.6 is 27.3 Å². The molecule has 0 amide bonds. The van der Waals surface area contributed by atoms with Gasteiger partial charge in [0.2, 0.25) is 0 Å². The standard InChI is InChI=1S/C16H20BrNS/c1-4-5-13(18)14-6-7-15(19-14)16-11(3)8-10(2)9-12(16)17/h6-9,13H,4-5,18H2,1-3H3. The molecule has 1 aromatic carbocycles. The van der Waals surface area contributed by atoms with Crippen LogP contribution in [0.2, 0.25) is 0 Å². The largest absolute Gasteiger partial charge is 0.323 e. The Morgan fingerprint density at radius 2 is 2.00 bits per heavy atom. The fourth-order valence-electron chi connectivity index (χ4n) is 2.37. The molecule has 1 atom stereocenters. The second kappa shape index (κ2) is 6.21. The number of benzene rings is 1. The minimum Gasteiger partial charge on any atom is -0.323 e. The van der Waals surface area contributed by atoms with E-state index in [-0.39, 0.29) is 6.04 Å². The van der Waals surface area contributed by atoms with Crippen molar-refractivity contribution in [3.05, 3.63) is 44.7 Å². The molecule has 0 aliphatic heterocycles. The third-order valence-corrected chi connectivity index (χ3v) is 5.13. The van der Waals surface area contributed by atoms with Gasteiger partial charge < -0.3 is 5.73 Å². The number of halogens is 1. The highest BCUT2D eigenvalue weighted by molar-refractivity contribution is 9.10. The average Bonchev–Trinajstić information content (AvgIpc) is 2.77. The summed E-state index contributed by atoms with van der Waals surface area (Å²) in [6.45, 7) is 6.46. The first kappa shape index (κ1) is 14.8. The van der Waals surface area contributed by atoms with Crippen LogP contribution in [0.5, 0.6) is 0 Å². The van der Waals surface area contributed by atoms with Gasteiger partial charge in [-0.05, 0) is 49.6 Å². The minimum atomic E-state index is 0.174. The highest BCUT2D eigenvalue weighted by Gasteiger charge is 2.13. The van der Waals surface area contributed by atoms with Crippen molar-refractivity contribution in [1.82, 2.24) is 0 Å². The lowest BCUT2D eigenvalue weighted by atomic mass is 10.0.